The Balaban J connectivity index is 1.29. The zero-order valence-corrected chi connectivity index (χ0v) is 45.0. The fourth-order valence-electron chi connectivity index (χ4n) is 9.76. The quantitative estimate of drug-likeness (QED) is 0.0347. The standard InChI is InChI=1S/C64H93NO8/c1-3-5-7-9-11-13-14-15-16-18-20-22-36-46-60(67)72-57(45-35-21-19-17-12-10-8-6-4-2)47-59(66)65-61-63(70-50-55-41-31-25-32-42-55)62(69-49-54-39-29-24-30-40-54)58(52-68-48-53-37-27-23-28-38-53)73-64(61)71-51-56-43-33-26-34-44-56/h23-34,37-44,57-58,61-64H,3-22,35-36,45-52H2,1-2H3,(H,65,66)/t57-,58-,61+,62-,63-,64+/m1/s1. The van der Waals surface area contributed by atoms with E-state index in [1.807, 2.05) is 121 Å². The van der Waals surface area contributed by atoms with Gasteiger partial charge in [0.05, 0.1) is 39.5 Å². The molecule has 4 aromatic rings. The average Bonchev–Trinajstić information content (AvgIpc) is 3.41. The summed E-state index contributed by atoms with van der Waals surface area (Å²) in [5.41, 5.74) is 3.99. The highest BCUT2D eigenvalue weighted by Gasteiger charge is 2.49. The van der Waals surface area contributed by atoms with E-state index >= 15 is 0 Å². The first-order valence-electron chi connectivity index (χ1n) is 28.7. The van der Waals surface area contributed by atoms with Crippen molar-refractivity contribution >= 4 is 11.9 Å². The number of esters is 1. The Morgan fingerprint density at radius 2 is 0.877 bits per heavy atom. The smallest absolute Gasteiger partial charge is 0.306 e. The SMILES string of the molecule is CCCCCCCCCCCCCCCC(=O)O[C@H](CCCCCCCCCCC)CC(=O)N[C@@H]1[C@@H](OCc2ccccc2)O[C@H](COCc2ccccc2)[C@@H](OCc2ccccc2)[C@@H]1OCc1ccccc1. The number of hydrogen-bond donors (Lipinski definition) is 1. The summed E-state index contributed by atoms with van der Waals surface area (Å²) in [5, 5.41) is 3.33. The molecule has 1 saturated heterocycles. The number of amides is 1. The highest BCUT2D eigenvalue weighted by atomic mass is 16.7. The first kappa shape index (κ1) is 59.5. The molecule has 402 valence electrons. The maximum atomic E-state index is 14.7. The van der Waals surface area contributed by atoms with Crippen LogP contribution in [0.2, 0.25) is 0 Å². The Bertz CT molecular complexity index is 1950. The first-order valence-corrected chi connectivity index (χ1v) is 28.7. The molecule has 0 saturated carbocycles. The van der Waals surface area contributed by atoms with Crippen LogP contribution < -0.4 is 5.32 Å². The lowest BCUT2D eigenvalue weighted by Gasteiger charge is -2.46. The number of rotatable bonds is 41. The van der Waals surface area contributed by atoms with Crippen molar-refractivity contribution in [3.8, 4) is 0 Å². The normalized spacial score (nSPS) is 18.1. The van der Waals surface area contributed by atoms with Crippen molar-refractivity contribution in [1.29, 1.82) is 0 Å². The number of nitrogens with one attached hydrogen (secondary N) is 1. The van der Waals surface area contributed by atoms with Gasteiger partial charge in [-0.25, -0.2) is 0 Å². The third-order valence-corrected chi connectivity index (χ3v) is 14.0. The van der Waals surface area contributed by atoms with Gasteiger partial charge < -0.3 is 33.7 Å². The molecule has 1 heterocycles. The highest BCUT2D eigenvalue weighted by Crippen LogP contribution is 2.31. The number of hydrogen-bond acceptors (Lipinski definition) is 8. The minimum atomic E-state index is -0.930. The molecule has 1 fully saturated rings. The van der Waals surface area contributed by atoms with E-state index in [1.54, 1.807) is 0 Å². The lowest BCUT2D eigenvalue weighted by atomic mass is 9.95. The molecule has 6 atom stereocenters. The van der Waals surface area contributed by atoms with E-state index in [0.717, 1.165) is 60.8 Å². The summed E-state index contributed by atoms with van der Waals surface area (Å²) < 4.78 is 40.0. The average molecular weight is 1000 g/mol. The number of carbonyl (C=O) groups excluding carboxylic acids is 2. The lowest BCUT2D eigenvalue weighted by molar-refractivity contribution is -0.293. The van der Waals surface area contributed by atoms with Crippen molar-refractivity contribution < 1.29 is 38.0 Å². The van der Waals surface area contributed by atoms with E-state index in [0.29, 0.717) is 26.1 Å². The largest absolute Gasteiger partial charge is 0.462 e. The van der Waals surface area contributed by atoms with E-state index in [1.165, 1.54) is 103 Å². The van der Waals surface area contributed by atoms with Gasteiger partial charge >= 0.3 is 5.97 Å². The van der Waals surface area contributed by atoms with Crippen LogP contribution in [0.5, 0.6) is 0 Å². The minimum Gasteiger partial charge on any atom is -0.462 e. The molecule has 0 bridgehead atoms. The number of unbranched alkanes of at least 4 members (excludes halogenated alkanes) is 20. The molecule has 1 aliphatic rings. The van der Waals surface area contributed by atoms with Crippen molar-refractivity contribution in [1.82, 2.24) is 5.32 Å². The highest BCUT2D eigenvalue weighted by molar-refractivity contribution is 5.77. The van der Waals surface area contributed by atoms with E-state index in [9.17, 15) is 9.59 Å². The molecule has 0 aromatic heterocycles. The van der Waals surface area contributed by atoms with Gasteiger partial charge in [-0.2, -0.15) is 0 Å². The van der Waals surface area contributed by atoms with Crippen LogP contribution in [-0.2, 0) is 64.4 Å². The molecular formula is C64H93NO8. The Kier molecular flexibility index (Phi) is 31.1. The molecule has 0 aliphatic carbocycles. The zero-order chi connectivity index (χ0) is 51.2. The summed E-state index contributed by atoms with van der Waals surface area (Å²) >= 11 is 0. The van der Waals surface area contributed by atoms with Crippen LogP contribution >= 0.6 is 0 Å². The first-order chi connectivity index (χ1) is 36.0. The summed E-state index contributed by atoms with van der Waals surface area (Å²) in [7, 11) is 0. The second-order valence-corrected chi connectivity index (χ2v) is 20.4. The minimum absolute atomic E-state index is 0.0217. The number of benzene rings is 4. The zero-order valence-electron chi connectivity index (χ0n) is 45.0. The Labute approximate surface area is 441 Å². The van der Waals surface area contributed by atoms with Crippen molar-refractivity contribution in [3.05, 3.63) is 144 Å². The van der Waals surface area contributed by atoms with Crippen molar-refractivity contribution in [2.24, 2.45) is 0 Å². The topological polar surface area (TPSA) is 102 Å². The Morgan fingerprint density at radius 1 is 0.479 bits per heavy atom. The van der Waals surface area contributed by atoms with E-state index in [2.05, 4.69) is 19.2 Å². The number of ether oxygens (including phenoxy) is 6. The van der Waals surface area contributed by atoms with E-state index in [-0.39, 0.29) is 38.1 Å². The summed E-state index contributed by atoms with van der Waals surface area (Å²) in [6.07, 6.45) is 24.3. The van der Waals surface area contributed by atoms with Gasteiger partial charge in [-0.15, -0.1) is 0 Å². The molecule has 1 amide bonds. The van der Waals surface area contributed by atoms with Gasteiger partial charge in [-0.1, -0.05) is 264 Å². The van der Waals surface area contributed by atoms with Crippen LogP contribution in [0.3, 0.4) is 0 Å². The third-order valence-electron chi connectivity index (χ3n) is 14.0. The third kappa shape index (κ3) is 25.6. The number of carbonyl (C=O) groups is 2. The second-order valence-electron chi connectivity index (χ2n) is 20.4. The van der Waals surface area contributed by atoms with Crippen LogP contribution in [0, 0.1) is 0 Å². The maximum absolute atomic E-state index is 14.7. The van der Waals surface area contributed by atoms with Gasteiger partial charge in [-0.3, -0.25) is 9.59 Å². The molecule has 0 spiro atoms. The predicted octanol–water partition coefficient (Wildman–Crippen LogP) is 15.5. The predicted molar refractivity (Wildman–Crippen MR) is 295 cm³/mol. The Hall–Kier alpha value is -4.38. The van der Waals surface area contributed by atoms with Gasteiger partial charge in [0.1, 0.15) is 30.5 Å². The summed E-state index contributed by atoms with van der Waals surface area (Å²) in [4.78, 5) is 28.2. The molecule has 9 heteroatoms. The van der Waals surface area contributed by atoms with Gasteiger partial charge in [0.15, 0.2) is 6.29 Å². The maximum Gasteiger partial charge on any atom is 0.306 e. The van der Waals surface area contributed by atoms with Crippen LogP contribution in [0.25, 0.3) is 0 Å². The Morgan fingerprint density at radius 3 is 1.34 bits per heavy atom. The molecule has 1 N–H and O–H groups in total. The summed E-state index contributed by atoms with van der Waals surface area (Å²) in [6, 6.07) is 39.3. The van der Waals surface area contributed by atoms with Crippen molar-refractivity contribution in [2.45, 2.75) is 238 Å². The van der Waals surface area contributed by atoms with Crippen LogP contribution in [-0.4, -0.2) is 55.2 Å². The molecule has 1 aliphatic heterocycles. The molecule has 5 rings (SSSR count). The van der Waals surface area contributed by atoms with Crippen LogP contribution in [0.1, 0.15) is 197 Å². The molecular weight excluding hydrogens is 911 g/mol. The van der Waals surface area contributed by atoms with Crippen LogP contribution in [0.15, 0.2) is 121 Å². The molecule has 9 nitrogen and oxygen atoms in total. The molecule has 4 aromatic carbocycles. The molecule has 0 radical (unpaired) electrons. The molecule has 73 heavy (non-hydrogen) atoms. The van der Waals surface area contributed by atoms with Gasteiger partial charge in [0, 0.05) is 6.42 Å². The molecule has 0 unspecified atom stereocenters. The van der Waals surface area contributed by atoms with Gasteiger partial charge in [0.2, 0.25) is 5.91 Å². The lowest BCUT2D eigenvalue weighted by Crippen LogP contribution is -2.66. The van der Waals surface area contributed by atoms with Crippen LogP contribution in [0.4, 0.5) is 0 Å². The van der Waals surface area contributed by atoms with Gasteiger partial charge in [-0.05, 0) is 41.5 Å². The van der Waals surface area contributed by atoms with Gasteiger partial charge in [0.25, 0.3) is 0 Å². The van der Waals surface area contributed by atoms with Crippen molar-refractivity contribution in [2.75, 3.05) is 6.61 Å². The fourth-order valence-corrected chi connectivity index (χ4v) is 9.76. The van der Waals surface area contributed by atoms with Crippen molar-refractivity contribution in [3.63, 3.8) is 0 Å². The van der Waals surface area contributed by atoms with E-state index < -0.39 is 36.7 Å². The fraction of sp³-hybridized carbons (Fsp3) is 0.594. The van der Waals surface area contributed by atoms with E-state index in [4.69, 9.17) is 28.4 Å². The second kappa shape index (κ2) is 38.2. The monoisotopic (exact) mass is 1000 g/mol. The summed E-state index contributed by atoms with van der Waals surface area (Å²) in [6.45, 7) is 5.91. The summed E-state index contributed by atoms with van der Waals surface area (Å²) in [5.74, 6) is -0.482.